The number of fused-ring (bicyclic) bond motifs is 2. The number of phosphoric ester groups is 4. The lowest BCUT2D eigenvalue weighted by Crippen LogP contribution is -2.48. The van der Waals surface area contributed by atoms with E-state index in [0.717, 1.165) is 68.0 Å². The fraction of sp³-hybridized carbons (Fsp3) is 0.517. The monoisotopic (exact) mass is 1660 g/mol. The lowest BCUT2D eigenvalue weighted by molar-refractivity contribution is -0.765. The normalized spacial score (nSPS) is 27.5. The average Bonchev–Trinajstić information content (AvgIpc) is 1.74. The summed E-state index contributed by atoms with van der Waals surface area (Å²) in [7, 11) is -23.5. The molecule has 20 atom stereocenters. The lowest BCUT2D eigenvalue weighted by atomic mass is 10.1. The van der Waals surface area contributed by atoms with Gasteiger partial charge in [0.05, 0.1) is 44.6 Å². The zero-order valence-electron chi connectivity index (χ0n) is 60.2. The first-order chi connectivity index (χ1) is 52.5. The van der Waals surface area contributed by atoms with E-state index in [1.807, 2.05) is 0 Å². The first kappa shape index (κ1) is 86.6. The number of esters is 8. The molecule has 0 amide bonds. The molecule has 8 unspecified atom stereocenters. The van der Waals surface area contributed by atoms with Crippen molar-refractivity contribution in [2.24, 2.45) is 0 Å². The molecule has 10 rings (SSSR count). The predicted molar refractivity (Wildman–Crippen MR) is 352 cm³/mol. The van der Waals surface area contributed by atoms with Crippen molar-refractivity contribution in [1.29, 1.82) is 0 Å². The molecule has 48 nitrogen and oxygen atoms in total. The molecule has 0 radical (unpaired) electrons. The van der Waals surface area contributed by atoms with Crippen LogP contribution in [0.15, 0.2) is 73.9 Å². The van der Waals surface area contributed by atoms with Crippen LogP contribution in [0.5, 0.6) is 0 Å². The van der Waals surface area contributed by atoms with Crippen LogP contribution < -0.4 is 35.6 Å². The van der Waals surface area contributed by atoms with Gasteiger partial charge in [-0.2, -0.15) is 4.57 Å². The van der Waals surface area contributed by atoms with Crippen molar-refractivity contribution in [3.63, 3.8) is 0 Å². The summed E-state index contributed by atoms with van der Waals surface area (Å²) in [4.78, 5) is 197. The Hall–Kier alpha value is -9.41. The van der Waals surface area contributed by atoms with E-state index in [2.05, 4.69) is 38.5 Å². The third-order valence-corrected chi connectivity index (χ3v) is 21.1. The van der Waals surface area contributed by atoms with Crippen LogP contribution >= 0.6 is 31.3 Å². The number of nitrogens with zero attached hydrogens (tertiary/aromatic N) is 10. The number of nitrogen functional groups attached to an aromatic ring is 2. The van der Waals surface area contributed by atoms with E-state index in [0.29, 0.717) is 5.57 Å². The molecular weight excluding hydrogens is 1590 g/mol. The number of anilines is 2. The van der Waals surface area contributed by atoms with Crippen molar-refractivity contribution in [2.75, 3.05) is 37.9 Å². The molecule has 4 saturated heterocycles. The van der Waals surface area contributed by atoms with Gasteiger partial charge >= 0.3 is 54.0 Å². The van der Waals surface area contributed by atoms with Crippen LogP contribution in [0, 0.1) is 0 Å². The second kappa shape index (κ2) is 36.2. The van der Waals surface area contributed by atoms with Gasteiger partial charge in [0.1, 0.15) is 48.1 Å². The molecular formula is C60H71N12O36P4-3. The SMILES string of the molecule is CC(=O)OC1[C@@H](COP(=O)([O-])OP(=O)([O-])OC[C@H]2O[C@@H]([n+]3cccc(C(C)=O)c3)[C@@H](OC(C)=O)C2OC(C)=O)O[C@@H](n2cnc3c(N)ncnc32)[C@H]1OC(C)=O.CC(=O)OC1[C@@H](COP(=O)([O-])OP(=O)([O-])OC[C@H]2O[C@@H](n3cnc4c(N)ncnc43)[C@@H](OC(C)=O)C2OC(C)=O)O[C@@H](N2C=CCC(C(C)=O)=C2)[C@H]1OC(C)=O. The van der Waals surface area contributed by atoms with Crippen LogP contribution in [0.4, 0.5) is 11.6 Å². The Balaban J connectivity index is 0.000000257. The number of allylic oxidation sites excluding steroid dienone is 2. The average molecular weight is 1660 g/mol. The summed E-state index contributed by atoms with van der Waals surface area (Å²) in [5.41, 5.74) is 12.8. The zero-order chi connectivity index (χ0) is 82.2. The highest BCUT2D eigenvalue weighted by atomic mass is 31.3. The molecule has 52 heteroatoms. The van der Waals surface area contributed by atoms with Gasteiger partial charge in [0.25, 0.3) is 31.3 Å². The molecule has 0 saturated carbocycles. The van der Waals surface area contributed by atoms with E-state index < -0.39 is 204 Å². The van der Waals surface area contributed by atoms with Crippen LogP contribution in [-0.2, 0) is 145 Å². The van der Waals surface area contributed by atoms with E-state index in [1.54, 1.807) is 6.08 Å². The predicted octanol–water partition coefficient (Wildman–Crippen LogP) is -1.46. The maximum atomic E-state index is 12.9. The van der Waals surface area contributed by atoms with Crippen LogP contribution in [-0.4, -0.2) is 209 Å². The van der Waals surface area contributed by atoms with Gasteiger partial charge < -0.3 is 111 Å². The number of Topliss-reactive ketones (excluding diaryl/α,β-unsaturated/α-hetero) is 2. The van der Waals surface area contributed by atoms with Gasteiger partial charge in [0.2, 0.25) is 6.10 Å². The number of hydrogen-bond acceptors (Lipinski definition) is 45. The van der Waals surface area contributed by atoms with Crippen molar-refractivity contribution in [2.45, 2.75) is 174 Å². The molecule has 112 heavy (non-hydrogen) atoms. The Morgan fingerprint density at radius 3 is 1.17 bits per heavy atom. The molecule has 0 aromatic carbocycles. The number of ether oxygens (including phenoxy) is 12. The summed E-state index contributed by atoms with van der Waals surface area (Å²) in [6.45, 7) is 6.74. The third-order valence-electron chi connectivity index (χ3n) is 16.1. The lowest BCUT2D eigenvalue weighted by Gasteiger charge is -2.32. The van der Waals surface area contributed by atoms with Crippen LogP contribution in [0.3, 0.4) is 0 Å². The van der Waals surface area contributed by atoms with Gasteiger partial charge in [-0.25, -0.2) is 38.5 Å². The molecule has 4 fully saturated rings. The van der Waals surface area contributed by atoms with Gasteiger partial charge in [0, 0.05) is 79.4 Å². The van der Waals surface area contributed by atoms with Crippen LogP contribution in [0.25, 0.3) is 22.3 Å². The smallest absolute Gasteiger partial charge is 0.304 e. The molecule has 610 valence electrons. The molecule has 4 N–H and O–H groups in total. The number of rotatable bonds is 30. The van der Waals surface area contributed by atoms with E-state index in [-0.39, 0.29) is 57.5 Å². The quantitative estimate of drug-likeness (QED) is 0.0174. The number of ketones is 2. The second-order valence-electron chi connectivity index (χ2n) is 24.5. The summed E-state index contributed by atoms with van der Waals surface area (Å²) in [6, 6.07) is 2.97. The minimum Gasteiger partial charge on any atom is -0.756 e. The zero-order valence-corrected chi connectivity index (χ0v) is 63.8. The molecule has 5 aliphatic heterocycles. The summed E-state index contributed by atoms with van der Waals surface area (Å²) in [6.07, 6.45) is -10.9. The standard InChI is InChI=1S/C30H38N6O18P2.C30H36N6O18P2/c2*1-14(37)19-7-6-8-35(9-19)29-25(50-17(4)40)23(48-15(2)38)20(52-29)10-46-55(42,43)54-56(44,45)47-11-21-24(49-16(3)39)26(51-18(5)41)30(53-21)36-13-34-22-27(31)32-12-33-28(22)36/h6,8-9,12-13,20-21,23-26,29-30H,7,10-11H2,1-5H3,(H,42,43)(H,44,45)(H2,31,32,33);6-9,12-13,20-21,23-26,29-30H,10-11H2,1-5H3,(H3-,31,32,33,42,43,44,45)/p-3/t2*20-,21-,23?,24?,25+,26+,29-,30-/m11/s1. The van der Waals surface area contributed by atoms with Gasteiger partial charge in [-0.1, -0.05) is 6.08 Å². The Labute approximate surface area is 631 Å². The van der Waals surface area contributed by atoms with Gasteiger partial charge in [0.15, 0.2) is 108 Å². The summed E-state index contributed by atoms with van der Waals surface area (Å²) >= 11 is 0. The minimum absolute atomic E-state index is 0.00843. The molecule has 0 spiro atoms. The fourth-order valence-corrected chi connectivity index (χ4v) is 15.9. The molecule has 5 aromatic rings. The fourth-order valence-electron chi connectivity index (χ4n) is 11.8. The van der Waals surface area contributed by atoms with Gasteiger partial charge in [-0.15, -0.1) is 0 Å². The largest absolute Gasteiger partial charge is 0.756 e. The number of imidazole rings is 2. The van der Waals surface area contributed by atoms with Crippen LogP contribution in [0.1, 0.15) is 105 Å². The van der Waals surface area contributed by atoms with E-state index in [9.17, 15) is 85.8 Å². The highest BCUT2D eigenvalue weighted by Crippen LogP contribution is 2.58. The number of hydrogen-bond donors (Lipinski definition) is 2. The van der Waals surface area contributed by atoms with E-state index in [4.69, 9.17) is 86.4 Å². The van der Waals surface area contributed by atoms with E-state index >= 15 is 0 Å². The number of pyridine rings is 1. The minimum atomic E-state index is -5.87. The van der Waals surface area contributed by atoms with Crippen molar-refractivity contribution < 1.29 is 174 Å². The summed E-state index contributed by atoms with van der Waals surface area (Å²) < 4.78 is 149. The highest BCUT2D eigenvalue weighted by Gasteiger charge is 2.57. The summed E-state index contributed by atoms with van der Waals surface area (Å²) in [5, 5.41) is 0. The third kappa shape index (κ3) is 22.1. The van der Waals surface area contributed by atoms with Crippen molar-refractivity contribution in [3.05, 3.63) is 79.4 Å². The number of carbonyl (C=O) groups is 10. The maximum absolute atomic E-state index is 12.9. The summed E-state index contributed by atoms with van der Waals surface area (Å²) in [5.74, 6) is -7.54. The molecule has 0 aliphatic carbocycles. The molecule has 5 aromatic heterocycles. The molecule has 5 aliphatic rings. The number of aromatic nitrogens is 9. The number of carbonyl (C=O) groups excluding carboxylic acids is 10. The molecule has 0 bridgehead atoms. The highest BCUT2D eigenvalue weighted by molar-refractivity contribution is 7.60. The molecule has 10 heterocycles. The second-order valence-corrected chi connectivity index (χ2v) is 30.4. The van der Waals surface area contributed by atoms with Crippen molar-refractivity contribution in [3.8, 4) is 0 Å². The Bertz CT molecular complexity index is 4700. The van der Waals surface area contributed by atoms with Gasteiger partial charge in [-0.05, 0) is 26.3 Å². The number of nitrogens with two attached hydrogens (primary N) is 2. The first-order valence-corrected chi connectivity index (χ1v) is 38.6. The van der Waals surface area contributed by atoms with Crippen molar-refractivity contribution >= 4 is 125 Å². The maximum Gasteiger partial charge on any atom is 0.304 e. The Morgan fingerprint density at radius 2 is 0.804 bits per heavy atom. The number of phosphoric acid groups is 4. The van der Waals surface area contributed by atoms with Crippen molar-refractivity contribution in [1.82, 2.24) is 43.9 Å². The van der Waals surface area contributed by atoms with Gasteiger partial charge in [-0.3, -0.25) is 75.3 Å². The Kier molecular flexibility index (Phi) is 28.0. The Morgan fingerprint density at radius 1 is 0.464 bits per heavy atom. The topological polar surface area (TPSA) is 644 Å². The van der Waals surface area contributed by atoms with E-state index in [1.165, 1.54) is 82.0 Å². The van der Waals surface area contributed by atoms with Crippen LogP contribution in [0.2, 0.25) is 0 Å². The first-order valence-electron chi connectivity index (χ1n) is 32.8.